The van der Waals surface area contributed by atoms with Crippen LogP contribution in [0.4, 0.5) is 0 Å². The quantitative estimate of drug-likeness (QED) is 0.874. The van der Waals surface area contributed by atoms with Crippen LogP contribution >= 0.6 is 23.2 Å². The average molecular weight is 284 g/mol. The number of pyridine rings is 1. The van der Waals surface area contributed by atoms with Gasteiger partial charge >= 0.3 is 0 Å². The Morgan fingerprint density at radius 2 is 2.00 bits per heavy atom. The highest BCUT2D eigenvalue weighted by molar-refractivity contribution is 6.32. The molecule has 18 heavy (non-hydrogen) atoms. The highest BCUT2D eigenvalue weighted by Crippen LogP contribution is 2.20. The second-order valence-corrected chi connectivity index (χ2v) is 4.45. The van der Waals surface area contributed by atoms with E-state index in [0.29, 0.717) is 21.6 Å². The summed E-state index contributed by atoms with van der Waals surface area (Å²) in [6, 6.07) is 10.5. The van der Waals surface area contributed by atoms with E-state index in [1.807, 2.05) is 12.1 Å². The van der Waals surface area contributed by atoms with E-state index < -0.39 is 0 Å². The lowest BCUT2D eigenvalue weighted by molar-refractivity contribution is 0.277. The van der Waals surface area contributed by atoms with E-state index in [0.717, 1.165) is 5.56 Å². The van der Waals surface area contributed by atoms with Crippen LogP contribution in [0.15, 0.2) is 36.4 Å². The third-order valence-electron chi connectivity index (χ3n) is 2.34. The maximum Gasteiger partial charge on any atom is 0.132 e. The maximum atomic E-state index is 9.02. The Labute approximate surface area is 115 Å². The molecule has 1 N–H and O–H groups in total. The minimum atomic E-state index is -0.0205. The molecule has 0 amide bonds. The number of rotatable bonds is 4. The third kappa shape index (κ3) is 3.35. The Bertz CT molecular complexity index is 546. The molecule has 2 aromatic rings. The fourth-order valence-electron chi connectivity index (χ4n) is 1.44. The summed E-state index contributed by atoms with van der Waals surface area (Å²) in [6.45, 7) is 0.210. The second kappa shape index (κ2) is 6.05. The molecular formula is C13H11Cl2NO2. The number of aliphatic hydroxyl groups excluding tert-OH is 1. The van der Waals surface area contributed by atoms with Gasteiger partial charge in [-0.1, -0.05) is 35.3 Å². The Balaban J connectivity index is 2.08. The molecule has 5 heteroatoms. The molecule has 0 aliphatic rings. The average Bonchev–Trinajstić information content (AvgIpc) is 2.40. The molecule has 0 spiro atoms. The molecule has 0 aliphatic carbocycles. The van der Waals surface area contributed by atoms with Crippen molar-refractivity contribution in [3.05, 3.63) is 57.8 Å². The summed E-state index contributed by atoms with van der Waals surface area (Å²) in [5.41, 5.74) is 1.37. The Morgan fingerprint density at radius 3 is 2.78 bits per heavy atom. The molecule has 0 radical (unpaired) electrons. The lowest BCUT2D eigenvalue weighted by atomic mass is 10.2. The summed E-state index contributed by atoms with van der Waals surface area (Å²) in [5.74, 6) is 0.652. The highest BCUT2D eigenvalue weighted by Gasteiger charge is 2.04. The summed E-state index contributed by atoms with van der Waals surface area (Å²) in [7, 11) is 0. The topological polar surface area (TPSA) is 42.4 Å². The van der Waals surface area contributed by atoms with Crippen LogP contribution in [0.1, 0.15) is 11.3 Å². The first-order chi connectivity index (χ1) is 8.69. The van der Waals surface area contributed by atoms with Crippen molar-refractivity contribution in [3.8, 4) is 5.75 Å². The second-order valence-electron chi connectivity index (χ2n) is 3.66. The van der Waals surface area contributed by atoms with Crippen LogP contribution in [-0.4, -0.2) is 10.1 Å². The summed E-state index contributed by atoms with van der Waals surface area (Å²) in [5, 5.41) is 9.91. The monoisotopic (exact) mass is 283 g/mol. The number of hydrogen-bond acceptors (Lipinski definition) is 3. The SMILES string of the molecule is OCc1cccc(OCc2nc(Cl)ccc2Cl)c1. The Morgan fingerprint density at radius 1 is 1.17 bits per heavy atom. The van der Waals surface area contributed by atoms with Crippen LogP contribution < -0.4 is 4.74 Å². The molecule has 94 valence electrons. The summed E-state index contributed by atoms with van der Waals surface area (Å²) < 4.78 is 5.55. The number of aliphatic hydroxyl groups is 1. The minimum absolute atomic E-state index is 0.0205. The standard InChI is InChI=1S/C13H11Cl2NO2/c14-11-4-5-13(15)16-12(11)8-18-10-3-1-2-9(6-10)7-17/h1-6,17H,7-8H2. The largest absolute Gasteiger partial charge is 0.487 e. The smallest absolute Gasteiger partial charge is 0.132 e. The first-order valence-corrected chi connectivity index (χ1v) is 6.08. The predicted octanol–water partition coefficient (Wildman–Crippen LogP) is 3.46. The molecule has 1 aromatic carbocycles. The van der Waals surface area contributed by atoms with Gasteiger partial charge < -0.3 is 9.84 Å². The fraction of sp³-hybridized carbons (Fsp3) is 0.154. The lowest BCUT2D eigenvalue weighted by Crippen LogP contribution is -1.99. The molecule has 0 bridgehead atoms. The van der Waals surface area contributed by atoms with Crippen molar-refractivity contribution in [1.29, 1.82) is 0 Å². The number of nitrogens with zero attached hydrogens (tertiary/aromatic N) is 1. The molecule has 2 rings (SSSR count). The van der Waals surface area contributed by atoms with Crippen molar-refractivity contribution >= 4 is 23.2 Å². The highest BCUT2D eigenvalue weighted by atomic mass is 35.5. The minimum Gasteiger partial charge on any atom is -0.487 e. The molecule has 1 aromatic heterocycles. The van der Waals surface area contributed by atoms with Crippen molar-refractivity contribution in [2.75, 3.05) is 0 Å². The van der Waals surface area contributed by atoms with Crippen molar-refractivity contribution in [2.24, 2.45) is 0 Å². The predicted molar refractivity (Wildman–Crippen MR) is 71.0 cm³/mol. The third-order valence-corrected chi connectivity index (χ3v) is 2.90. The Hall–Kier alpha value is -1.29. The summed E-state index contributed by atoms with van der Waals surface area (Å²) in [6.07, 6.45) is 0. The van der Waals surface area contributed by atoms with Crippen molar-refractivity contribution < 1.29 is 9.84 Å². The normalized spacial score (nSPS) is 10.4. The van der Waals surface area contributed by atoms with Gasteiger partial charge in [-0.2, -0.15) is 0 Å². The van der Waals surface area contributed by atoms with Crippen LogP contribution in [0, 0.1) is 0 Å². The van der Waals surface area contributed by atoms with Gasteiger partial charge in [-0.05, 0) is 29.8 Å². The Kier molecular flexibility index (Phi) is 4.42. The van der Waals surface area contributed by atoms with Gasteiger partial charge in [0.15, 0.2) is 0 Å². The van der Waals surface area contributed by atoms with Crippen molar-refractivity contribution in [1.82, 2.24) is 4.98 Å². The fourth-order valence-corrected chi connectivity index (χ4v) is 1.77. The number of halogens is 2. The van der Waals surface area contributed by atoms with E-state index in [1.165, 1.54) is 0 Å². The number of hydrogen-bond donors (Lipinski definition) is 1. The molecule has 0 fully saturated rings. The summed E-state index contributed by atoms with van der Waals surface area (Å²) in [4.78, 5) is 4.09. The van der Waals surface area contributed by atoms with Gasteiger partial charge in [0.05, 0.1) is 17.3 Å². The van der Waals surface area contributed by atoms with Crippen molar-refractivity contribution in [3.63, 3.8) is 0 Å². The van der Waals surface area contributed by atoms with Crippen LogP contribution in [0.5, 0.6) is 5.75 Å². The molecule has 1 heterocycles. The van der Waals surface area contributed by atoms with Crippen molar-refractivity contribution in [2.45, 2.75) is 13.2 Å². The van der Waals surface area contributed by atoms with Crippen LogP contribution in [0.3, 0.4) is 0 Å². The van der Waals surface area contributed by atoms with Gasteiger partial charge in [0, 0.05) is 0 Å². The number of ether oxygens (including phenoxy) is 1. The molecule has 0 unspecified atom stereocenters. The van der Waals surface area contributed by atoms with E-state index >= 15 is 0 Å². The zero-order chi connectivity index (χ0) is 13.0. The zero-order valence-electron chi connectivity index (χ0n) is 9.44. The van der Waals surface area contributed by atoms with Gasteiger partial charge in [-0.15, -0.1) is 0 Å². The number of aromatic nitrogens is 1. The summed E-state index contributed by atoms with van der Waals surface area (Å²) >= 11 is 11.8. The lowest BCUT2D eigenvalue weighted by Gasteiger charge is -2.08. The number of benzene rings is 1. The molecular weight excluding hydrogens is 273 g/mol. The van der Waals surface area contributed by atoms with E-state index in [9.17, 15) is 0 Å². The van der Waals surface area contributed by atoms with E-state index in [-0.39, 0.29) is 13.2 Å². The maximum absolute atomic E-state index is 9.02. The van der Waals surface area contributed by atoms with Crippen LogP contribution in [0.25, 0.3) is 0 Å². The van der Waals surface area contributed by atoms with Crippen LogP contribution in [-0.2, 0) is 13.2 Å². The van der Waals surface area contributed by atoms with Crippen LogP contribution in [0.2, 0.25) is 10.2 Å². The molecule has 0 saturated carbocycles. The van der Waals surface area contributed by atoms with Gasteiger partial charge in [-0.3, -0.25) is 0 Å². The molecule has 0 aliphatic heterocycles. The molecule has 0 atom stereocenters. The van der Waals surface area contributed by atoms with E-state index in [4.69, 9.17) is 33.0 Å². The van der Waals surface area contributed by atoms with E-state index in [2.05, 4.69) is 4.98 Å². The zero-order valence-corrected chi connectivity index (χ0v) is 10.9. The van der Waals surface area contributed by atoms with Gasteiger partial charge in [-0.25, -0.2) is 4.98 Å². The first-order valence-electron chi connectivity index (χ1n) is 5.32. The van der Waals surface area contributed by atoms with Gasteiger partial charge in [0.2, 0.25) is 0 Å². The molecule has 3 nitrogen and oxygen atoms in total. The van der Waals surface area contributed by atoms with Gasteiger partial charge in [0.25, 0.3) is 0 Å². The first kappa shape index (κ1) is 13.1. The van der Waals surface area contributed by atoms with E-state index in [1.54, 1.807) is 24.3 Å². The van der Waals surface area contributed by atoms with Gasteiger partial charge in [0.1, 0.15) is 17.5 Å². The molecule has 0 saturated heterocycles.